The van der Waals surface area contributed by atoms with Crippen LogP contribution in [0.5, 0.6) is 0 Å². The predicted molar refractivity (Wildman–Crippen MR) is 80.1 cm³/mol. The van der Waals surface area contributed by atoms with E-state index in [1.807, 2.05) is 29.2 Å². The van der Waals surface area contributed by atoms with Crippen molar-refractivity contribution in [2.24, 2.45) is 5.92 Å². The molecule has 1 aromatic rings. The fourth-order valence-electron chi connectivity index (χ4n) is 2.37. The summed E-state index contributed by atoms with van der Waals surface area (Å²) in [6.07, 6.45) is 1.47. The monoisotopic (exact) mass is 274 g/mol. The first-order valence-corrected chi connectivity index (χ1v) is 7.22. The molecule has 0 aromatic heterocycles. The lowest BCUT2D eigenvalue weighted by Crippen LogP contribution is -2.41. The van der Waals surface area contributed by atoms with Crippen LogP contribution in [0.15, 0.2) is 24.3 Å². The lowest BCUT2D eigenvalue weighted by atomic mass is 10.0. The largest absolute Gasteiger partial charge is 0.361 e. The Kier molecular flexibility index (Phi) is 4.77. The van der Waals surface area contributed by atoms with E-state index < -0.39 is 0 Å². The summed E-state index contributed by atoms with van der Waals surface area (Å²) in [7, 11) is 0. The molecule has 0 unspecified atom stereocenters. The normalized spacial score (nSPS) is 14.3. The number of nitrogens with zero attached hydrogens (tertiary/aromatic N) is 1. The van der Waals surface area contributed by atoms with Crippen molar-refractivity contribution >= 4 is 17.4 Å². The van der Waals surface area contributed by atoms with Gasteiger partial charge in [0.25, 0.3) is 0 Å². The first kappa shape index (κ1) is 14.6. The molecule has 2 rings (SSSR count). The summed E-state index contributed by atoms with van der Waals surface area (Å²) < 4.78 is 0. The highest BCUT2D eigenvalue weighted by Crippen LogP contribution is 2.26. The summed E-state index contributed by atoms with van der Waals surface area (Å²) in [6.45, 7) is 5.93. The average molecular weight is 274 g/mol. The molecule has 0 radical (unpaired) electrons. The van der Waals surface area contributed by atoms with Crippen LogP contribution in [-0.4, -0.2) is 31.3 Å². The maximum Gasteiger partial charge on any atom is 0.239 e. The van der Waals surface area contributed by atoms with Crippen LogP contribution in [0.3, 0.4) is 0 Å². The summed E-state index contributed by atoms with van der Waals surface area (Å²) in [5, 5.41) is 2.94. The van der Waals surface area contributed by atoms with Crippen LogP contribution >= 0.6 is 0 Å². The highest BCUT2D eigenvalue weighted by atomic mass is 16.2. The second-order valence-electron chi connectivity index (χ2n) is 5.64. The number of fused-ring (bicyclic) bond motifs is 1. The van der Waals surface area contributed by atoms with Gasteiger partial charge >= 0.3 is 0 Å². The van der Waals surface area contributed by atoms with Crippen LogP contribution in [0, 0.1) is 5.92 Å². The summed E-state index contributed by atoms with van der Waals surface area (Å²) >= 11 is 0. The molecular weight excluding hydrogens is 252 g/mol. The zero-order chi connectivity index (χ0) is 14.5. The van der Waals surface area contributed by atoms with Crippen molar-refractivity contribution in [2.45, 2.75) is 26.7 Å². The molecular formula is C16H22N2O2. The standard InChI is InChI=1S/C16H22N2O2/c1-12(2)7-9-17-16(20)11-18-10-8-15(19)13-5-3-4-6-14(13)18/h3-6,12H,7-11H2,1-2H3,(H,17,20). The molecule has 0 bridgehead atoms. The molecule has 0 aliphatic carbocycles. The van der Waals surface area contributed by atoms with Gasteiger partial charge in [0.15, 0.2) is 5.78 Å². The number of nitrogens with one attached hydrogen (secondary N) is 1. The van der Waals surface area contributed by atoms with Crippen LogP contribution in [-0.2, 0) is 4.79 Å². The third-order valence-corrected chi connectivity index (χ3v) is 3.53. The van der Waals surface area contributed by atoms with Gasteiger partial charge in [-0.1, -0.05) is 26.0 Å². The molecule has 0 spiro atoms. The zero-order valence-corrected chi connectivity index (χ0v) is 12.2. The molecule has 1 aliphatic rings. The highest BCUT2D eigenvalue weighted by molar-refractivity contribution is 6.03. The minimum Gasteiger partial charge on any atom is -0.361 e. The summed E-state index contributed by atoms with van der Waals surface area (Å²) in [6, 6.07) is 7.51. The molecule has 0 atom stereocenters. The Morgan fingerprint density at radius 2 is 2.10 bits per heavy atom. The van der Waals surface area contributed by atoms with Crippen LogP contribution < -0.4 is 10.2 Å². The lowest BCUT2D eigenvalue weighted by Gasteiger charge is -2.29. The quantitative estimate of drug-likeness (QED) is 0.896. The number of anilines is 1. The highest BCUT2D eigenvalue weighted by Gasteiger charge is 2.23. The van der Waals surface area contributed by atoms with Crippen molar-refractivity contribution in [3.8, 4) is 0 Å². The first-order chi connectivity index (χ1) is 9.58. The first-order valence-electron chi connectivity index (χ1n) is 7.22. The number of carbonyl (C=O) groups excluding carboxylic acids is 2. The van der Waals surface area contributed by atoms with Crippen molar-refractivity contribution in [1.29, 1.82) is 0 Å². The Morgan fingerprint density at radius 3 is 2.85 bits per heavy atom. The van der Waals surface area contributed by atoms with Crippen molar-refractivity contribution in [3.63, 3.8) is 0 Å². The van der Waals surface area contributed by atoms with Gasteiger partial charge in [-0.05, 0) is 24.5 Å². The predicted octanol–water partition coefficient (Wildman–Crippen LogP) is 2.24. The number of Topliss-reactive ketones (excluding diaryl/α,β-unsaturated/α-hetero) is 1. The number of para-hydroxylation sites is 1. The van der Waals surface area contributed by atoms with Crippen molar-refractivity contribution in [1.82, 2.24) is 5.32 Å². The van der Waals surface area contributed by atoms with Gasteiger partial charge in [-0.3, -0.25) is 9.59 Å². The molecule has 1 aromatic carbocycles. The van der Waals surface area contributed by atoms with Crippen LogP contribution in [0.25, 0.3) is 0 Å². The molecule has 0 fully saturated rings. The van der Waals surface area contributed by atoms with Gasteiger partial charge in [-0.25, -0.2) is 0 Å². The van der Waals surface area contributed by atoms with Gasteiger partial charge in [0.05, 0.1) is 6.54 Å². The van der Waals surface area contributed by atoms with E-state index in [1.54, 1.807) is 0 Å². The Balaban J connectivity index is 1.95. The second kappa shape index (κ2) is 6.55. The number of amides is 1. The van der Waals surface area contributed by atoms with Gasteiger partial charge in [0.2, 0.25) is 5.91 Å². The summed E-state index contributed by atoms with van der Waals surface area (Å²) in [5.41, 5.74) is 1.61. The van der Waals surface area contributed by atoms with Crippen molar-refractivity contribution in [2.75, 3.05) is 24.5 Å². The van der Waals surface area contributed by atoms with Gasteiger partial charge in [0, 0.05) is 30.8 Å². The van der Waals surface area contributed by atoms with E-state index >= 15 is 0 Å². The number of carbonyl (C=O) groups is 2. The molecule has 1 aliphatic heterocycles. The van der Waals surface area contributed by atoms with Crippen molar-refractivity contribution < 1.29 is 9.59 Å². The molecule has 108 valence electrons. The molecule has 0 saturated heterocycles. The smallest absolute Gasteiger partial charge is 0.239 e. The second-order valence-corrected chi connectivity index (χ2v) is 5.64. The number of benzene rings is 1. The maximum absolute atomic E-state index is 11.9. The van der Waals surface area contributed by atoms with Crippen LogP contribution in [0.2, 0.25) is 0 Å². The van der Waals surface area contributed by atoms with E-state index in [4.69, 9.17) is 0 Å². The topological polar surface area (TPSA) is 49.4 Å². The lowest BCUT2D eigenvalue weighted by molar-refractivity contribution is -0.119. The minimum atomic E-state index is 0.0230. The van der Waals surface area contributed by atoms with E-state index in [1.165, 1.54) is 0 Å². The van der Waals surface area contributed by atoms with Crippen LogP contribution in [0.4, 0.5) is 5.69 Å². The number of rotatable bonds is 5. The van der Waals surface area contributed by atoms with E-state index in [2.05, 4.69) is 19.2 Å². The Bertz CT molecular complexity index is 497. The molecule has 0 saturated carbocycles. The van der Waals surface area contributed by atoms with E-state index in [0.717, 1.165) is 17.7 Å². The number of ketones is 1. The van der Waals surface area contributed by atoms with Gasteiger partial charge in [-0.15, -0.1) is 0 Å². The fourth-order valence-corrected chi connectivity index (χ4v) is 2.37. The van der Waals surface area contributed by atoms with Crippen molar-refractivity contribution in [3.05, 3.63) is 29.8 Å². The molecule has 1 heterocycles. The van der Waals surface area contributed by atoms with Gasteiger partial charge < -0.3 is 10.2 Å². The summed E-state index contributed by atoms with van der Waals surface area (Å²) in [4.78, 5) is 25.8. The Labute approximate surface area is 120 Å². The van der Waals surface area contributed by atoms with Gasteiger partial charge in [0.1, 0.15) is 0 Å². The van der Waals surface area contributed by atoms with Gasteiger partial charge in [-0.2, -0.15) is 0 Å². The molecule has 4 heteroatoms. The van der Waals surface area contributed by atoms with Crippen LogP contribution in [0.1, 0.15) is 37.0 Å². The molecule has 1 amide bonds. The molecule has 4 nitrogen and oxygen atoms in total. The Morgan fingerprint density at radius 1 is 1.35 bits per heavy atom. The fraction of sp³-hybridized carbons (Fsp3) is 0.500. The van der Waals surface area contributed by atoms with E-state index in [-0.39, 0.29) is 11.7 Å². The number of hydrogen-bond acceptors (Lipinski definition) is 3. The Hall–Kier alpha value is -1.84. The zero-order valence-electron chi connectivity index (χ0n) is 12.2. The minimum absolute atomic E-state index is 0.0230. The molecule has 20 heavy (non-hydrogen) atoms. The summed E-state index contributed by atoms with van der Waals surface area (Å²) in [5.74, 6) is 0.774. The average Bonchev–Trinajstić information content (AvgIpc) is 2.42. The third kappa shape index (κ3) is 3.59. The van der Waals surface area contributed by atoms with E-state index in [0.29, 0.717) is 32.0 Å². The maximum atomic E-state index is 11.9. The third-order valence-electron chi connectivity index (χ3n) is 3.53. The SMILES string of the molecule is CC(C)CCNC(=O)CN1CCC(=O)c2ccccc21. The molecule has 1 N–H and O–H groups in total. The van der Waals surface area contributed by atoms with E-state index in [9.17, 15) is 9.59 Å². The number of hydrogen-bond donors (Lipinski definition) is 1.